The van der Waals surface area contributed by atoms with Crippen molar-refractivity contribution in [2.75, 3.05) is 0 Å². The van der Waals surface area contributed by atoms with Gasteiger partial charge in [0, 0.05) is 23.2 Å². The second-order valence-corrected chi connectivity index (χ2v) is 7.11. The number of thiophene rings is 1. The Morgan fingerprint density at radius 2 is 2.25 bits per heavy atom. The van der Waals surface area contributed by atoms with E-state index in [1.807, 2.05) is 18.3 Å². The smallest absolute Gasteiger partial charge is 0.0730 e. The largest absolute Gasteiger partial charge is 0.261 e. The molecule has 16 heavy (non-hydrogen) atoms. The molecule has 0 saturated carbocycles. The van der Waals surface area contributed by atoms with Gasteiger partial charge in [0.25, 0.3) is 0 Å². The van der Waals surface area contributed by atoms with Crippen molar-refractivity contribution >= 4 is 43.2 Å². The Hall–Kier alpha value is -0.190. The molecule has 0 aliphatic rings. The van der Waals surface area contributed by atoms with Gasteiger partial charge in [-0.25, -0.2) is 0 Å². The van der Waals surface area contributed by atoms with E-state index in [9.17, 15) is 0 Å². The number of pyridine rings is 1. The highest BCUT2D eigenvalue weighted by Gasteiger charge is 2.13. The van der Waals surface area contributed by atoms with Crippen LogP contribution in [0.1, 0.15) is 21.0 Å². The number of rotatable bonds is 3. The second-order valence-electron chi connectivity index (χ2n) is 3.60. The Bertz CT molecular complexity index is 448. The molecule has 0 aromatic carbocycles. The first-order valence-electron chi connectivity index (χ1n) is 4.96. The molecule has 1 atom stereocenters. The lowest BCUT2D eigenvalue weighted by atomic mass is 10.2. The lowest BCUT2D eigenvalue weighted by molar-refractivity contribution is 0.919. The average molecular weight is 361 g/mol. The number of alkyl halides is 1. The molecule has 2 heterocycles. The zero-order valence-corrected chi connectivity index (χ0v) is 12.8. The van der Waals surface area contributed by atoms with Crippen LogP contribution in [-0.2, 0) is 6.42 Å². The number of hydrogen-bond acceptors (Lipinski definition) is 2. The molecule has 0 fully saturated rings. The van der Waals surface area contributed by atoms with Gasteiger partial charge < -0.3 is 0 Å². The molecule has 2 aromatic rings. The summed E-state index contributed by atoms with van der Waals surface area (Å²) in [7, 11) is 0. The summed E-state index contributed by atoms with van der Waals surface area (Å²) < 4.78 is 1.22. The minimum Gasteiger partial charge on any atom is -0.261 e. The van der Waals surface area contributed by atoms with E-state index in [2.05, 4.69) is 55.9 Å². The van der Waals surface area contributed by atoms with Crippen LogP contribution >= 0.6 is 43.2 Å². The van der Waals surface area contributed by atoms with Gasteiger partial charge in [0.2, 0.25) is 0 Å². The van der Waals surface area contributed by atoms with Crippen LogP contribution in [0.15, 0.2) is 34.2 Å². The van der Waals surface area contributed by atoms with Gasteiger partial charge in [0.05, 0.1) is 8.61 Å². The molecular weight excluding hydrogens is 350 g/mol. The molecule has 1 unspecified atom stereocenters. The monoisotopic (exact) mass is 359 g/mol. The molecule has 0 aliphatic carbocycles. The van der Waals surface area contributed by atoms with Crippen LogP contribution in [-0.4, -0.2) is 4.98 Å². The van der Waals surface area contributed by atoms with Crippen LogP contribution in [0.4, 0.5) is 0 Å². The zero-order valence-electron chi connectivity index (χ0n) is 8.78. The quantitative estimate of drug-likeness (QED) is 0.710. The normalized spacial score (nSPS) is 12.7. The molecular formula is C12H11Br2NS. The van der Waals surface area contributed by atoms with E-state index in [0.717, 1.165) is 12.1 Å². The number of hydrogen-bond donors (Lipinski definition) is 0. The summed E-state index contributed by atoms with van der Waals surface area (Å²) in [5.74, 6) is 0. The number of aryl methyl sites for hydroxylation is 1. The summed E-state index contributed by atoms with van der Waals surface area (Å²) in [5.41, 5.74) is 2.41. The first-order chi connectivity index (χ1) is 7.66. The van der Waals surface area contributed by atoms with Crippen LogP contribution in [0.3, 0.4) is 0 Å². The highest BCUT2D eigenvalue weighted by atomic mass is 79.9. The first-order valence-corrected chi connectivity index (χ1v) is 7.49. The van der Waals surface area contributed by atoms with Crippen molar-refractivity contribution in [3.05, 3.63) is 50.4 Å². The van der Waals surface area contributed by atoms with E-state index in [-0.39, 0.29) is 0 Å². The van der Waals surface area contributed by atoms with Gasteiger partial charge in [-0.05, 0) is 46.6 Å². The second kappa shape index (κ2) is 5.43. The van der Waals surface area contributed by atoms with Crippen LogP contribution in [0.25, 0.3) is 0 Å². The molecule has 0 bridgehead atoms. The summed E-state index contributed by atoms with van der Waals surface area (Å²) in [6.45, 7) is 2.12. The van der Waals surface area contributed by atoms with Gasteiger partial charge >= 0.3 is 0 Å². The van der Waals surface area contributed by atoms with E-state index in [1.54, 1.807) is 11.3 Å². The molecule has 2 rings (SSSR count). The Morgan fingerprint density at radius 3 is 2.81 bits per heavy atom. The number of aromatic nitrogens is 1. The van der Waals surface area contributed by atoms with Gasteiger partial charge in [-0.1, -0.05) is 22.0 Å². The SMILES string of the molecule is Cc1cc(C(Br)Cc2ccccn2)sc1Br. The number of halogens is 2. The zero-order chi connectivity index (χ0) is 11.5. The summed E-state index contributed by atoms with van der Waals surface area (Å²) in [4.78, 5) is 6.02. The van der Waals surface area contributed by atoms with Crippen molar-refractivity contribution in [1.29, 1.82) is 0 Å². The molecule has 1 nitrogen and oxygen atoms in total. The highest BCUT2D eigenvalue weighted by Crippen LogP contribution is 2.36. The Labute approximate surface area is 116 Å². The van der Waals surface area contributed by atoms with Crippen LogP contribution in [0, 0.1) is 6.92 Å². The average Bonchev–Trinajstić information content (AvgIpc) is 2.61. The van der Waals surface area contributed by atoms with E-state index in [0.29, 0.717) is 4.83 Å². The first kappa shape index (κ1) is 12.3. The van der Waals surface area contributed by atoms with Gasteiger partial charge in [-0.15, -0.1) is 11.3 Å². The molecule has 0 aliphatic heterocycles. The van der Waals surface area contributed by atoms with Crippen molar-refractivity contribution in [2.45, 2.75) is 18.2 Å². The summed E-state index contributed by atoms with van der Waals surface area (Å²) >= 11 is 9.06. The lowest BCUT2D eigenvalue weighted by Gasteiger charge is -2.06. The van der Waals surface area contributed by atoms with Gasteiger partial charge in [-0.3, -0.25) is 4.98 Å². The molecule has 2 aromatic heterocycles. The van der Waals surface area contributed by atoms with E-state index in [1.165, 1.54) is 14.2 Å². The fourth-order valence-corrected chi connectivity index (χ4v) is 3.73. The van der Waals surface area contributed by atoms with Crippen LogP contribution < -0.4 is 0 Å². The fourth-order valence-electron chi connectivity index (χ4n) is 1.44. The Morgan fingerprint density at radius 1 is 1.44 bits per heavy atom. The maximum atomic E-state index is 4.34. The van der Waals surface area contributed by atoms with E-state index >= 15 is 0 Å². The minimum absolute atomic E-state index is 0.345. The topological polar surface area (TPSA) is 12.9 Å². The summed E-state index contributed by atoms with van der Waals surface area (Å²) in [5, 5.41) is 0. The molecule has 0 N–H and O–H groups in total. The minimum atomic E-state index is 0.345. The molecule has 4 heteroatoms. The van der Waals surface area contributed by atoms with Crippen molar-refractivity contribution in [3.8, 4) is 0 Å². The molecule has 0 saturated heterocycles. The van der Waals surface area contributed by atoms with Crippen molar-refractivity contribution < 1.29 is 0 Å². The molecule has 0 radical (unpaired) electrons. The third-order valence-electron chi connectivity index (χ3n) is 2.30. The van der Waals surface area contributed by atoms with Crippen molar-refractivity contribution in [1.82, 2.24) is 4.98 Å². The standard InChI is InChI=1S/C12H11Br2NS/c1-8-6-11(16-12(8)14)10(13)7-9-4-2-3-5-15-9/h2-6,10H,7H2,1H3. The maximum absolute atomic E-state index is 4.34. The van der Waals surface area contributed by atoms with Gasteiger partial charge in [0.15, 0.2) is 0 Å². The molecule has 0 spiro atoms. The van der Waals surface area contributed by atoms with Crippen molar-refractivity contribution in [2.24, 2.45) is 0 Å². The van der Waals surface area contributed by atoms with Crippen LogP contribution in [0.2, 0.25) is 0 Å². The Balaban J connectivity index is 2.11. The van der Waals surface area contributed by atoms with E-state index in [4.69, 9.17) is 0 Å². The number of nitrogens with zero attached hydrogens (tertiary/aromatic N) is 1. The third kappa shape index (κ3) is 2.93. The molecule has 84 valence electrons. The third-order valence-corrected chi connectivity index (χ3v) is 5.67. The van der Waals surface area contributed by atoms with Crippen molar-refractivity contribution in [3.63, 3.8) is 0 Å². The highest BCUT2D eigenvalue weighted by molar-refractivity contribution is 9.11. The van der Waals surface area contributed by atoms with Gasteiger partial charge in [-0.2, -0.15) is 0 Å². The predicted octanol–water partition coefficient (Wildman–Crippen LogP) is 4.89. The van der Waals surface area contributed by atoms with E-state index < -0.39 is 0 Å². The van der Waals surface area contributed by atoms with Crippen LogP contribution in [0.5, 0.6) is 0 Å². The summed E-state index contributed by atoms with van der Waals surface area (Å²) in [6, 6.07) is 8.25. The maximum Gasteiger partial charge on any atom is 0.0730 e. The fraction of sp³-hybridized carbons (Fsp3) is 0.250. The predicted molar refractivity (Wildman–Crippen MR) is 76.4 cm³/mol. The lowest BCUT2D eigenvalue weighted by Crippen LogP contribution is -1.95. The summed E-state index contributed by atoms with van der Waals surface area (Å²) in [6.07, 6.45) is 2.76. The molecule has 0 amide bonds. The van der Waals surface area contributed by atoms with Gasteiger partial charge in [0.1, 0.15) is 0 Å². The Kier molecular flexibility index (Phi) is 4.16.